The second-order valence-electron chi connectivity index (χ2n) is 6.99. The van der Waals surface area contributed by atoms with E-state index in [0.717, 1.165) is 24.2 Å². The minimum absolute atomic E-state index is 0.0195. The van der Waals surface area contributed by atoms with E-state index in [1.807, 2.05) is 6.08 Å². The number of hydrogen-bond acceptors (Lipinski definition) is 2. The van der Waals surface area contributed by atoms with E-state index in [1.165, 1.54) is 24.8 Å². The molecule has 3 rings (SSSR count). The fraction of sp³-hybridized carbons (Fsp3) is 0.250. The minimum atomic E-state index is -4.42. The average molecular weight is 464 g/mol. The Morgan fingerprint density at radius 3 is 2.47 bits per heavy atom. The lowest BCUT2D eigenvalue weighted by atomic mass is 10.1. The first-order chi connectivity index (χ1) is 15.2. The zero-order valence-electron chi connectivity index (χ0n) is 17.9. The Labute approximate surface area is 190 Å². The Balaban J connectivity index is 0.000000654. The van der Waals surface area contributed by atoms with Gasteiger partial charge in [-0.05, 0) is 55.3 Å². The van der Waals surface area contributed by atoms with Gasteiger partial charge in [-0.3, -0.25) is 4.79 Å². The molecule has 0 unspecified atom stereocenters. The van der Waals surface area contributed by atoms with E-state index in [1.54, 1.807) is 35.9 Å². The number of benzene rings is 2. The van der Waals surface area contributed by atoms with Crippen LogP contribution in [0.4, 0.5) is 13.2 Å². The van der Waals surface area contributed by atoms with Crippen LogP contribution in [-0.2, 0) is 12.7 Å². The smallest absolute Gasteiger partial charge is 0.348 e. The van der Waals surface area contributed by atoms with Crippen LogP contribution in [0.3, 0.4) is 0 Å². The van der Waals surface area contributed by atoms with Crippen molar-refractivity contribution < 1.29 is 18.0 Å². The molecule has 0 radical (unpaired) electrons. The van der Waals surface area contributed by atoms with Gasteiger partial charge in [0.2, 0.25) is 0 Å². The van der Waals surface area contributed by atoms with Gasteiger partial charge in [0.25, 0.3) is 5.91 Å². The first-order valence-corrected chi connectivity index (χ1v) is 10.4. The van der Waals surface area contributed by atoms with E-state index >= 15 is 0 Å². The molecule has 0 saturated carbocycles. The van der Waals surface area contributed by atoms with Crippen LogP contribution in [0.25, 0.3) is 5.69 Å². The number of allylic oxidation sites excluding steroid dienone is 1. The molecule has 8 heteroatoms. The van der Waals surface area contributed by atoms with Crippen LogP contribution < -0.4 is 5.32 Å². The molecule has 1 aromatic heterocycles. The lowest BCUT2D eigenvalue weighted by molar-refractivity contribution is -0.137. The van der Waals surface area contributed by atoms with Gasteiger partial charge in [-0.25, -0.2) is 4.68 Å². The van der Waals surface area contributed by atoms with Gasteiger partial charge >= 0.3 is 6.18 Å². The molecule has 1 N–H and O–H groups in total. The monoisotopic (exact) mass is 463 g/mol. The van der Waals surface area contributed by atoms with E-state index < -0.39 is 17.6 Å². The van der Waals surface area contributed by atoms with Crippen molar-refractivity contribution in [2.24, 2.45) is 0 Å². The highest BCUT2D eigenvalue weighted by Crippen LogP contribution is 2.29. The maximum atomic E-state index is 12.8. The van der Waals surface area contributed by atoms with Gasteiger partial charge in [0.1, 0.15) is 0 Å². The number of aromatic nitrogens is 2. The number of hydrogen-bond donors (Lipinski definition) is 1. The molecular formula is C24H25ClF3N3O. The second kappa shape index (κ2) is 11.5. The second-order valence-corrected chi connectivity index (χ2v) is 7.43. The van der Waals surface area contributed by atoms with Crippen molar-refractivity contribution in [3.8, 4) is 5.69 Å². The van der Waals surface area contributed by atoms with Gasteiger partial charge in [0, 0.05) is 11.6 Å². The summed E-state index contributed by atoms with van der Waals surface area (Å²) in [6, 6.07) is 11.8. The zero-order chi connectivity index (χ0) is 23.7. The lowest BCUT2D eigenvalue weighted by Crippen LogP contribution is -2.23. The van der Waals surface area contributed by atoms with Crippen LogP contribution in [0.1, 0.15) is 46.9 Å². The molecule has 0 fully saturated rings. The highest BCUT2D eigenvalue weighted by Gasteiger charge is 2.30. The molecular weight excluding hydrogens is 439 g/mol. The summed E-state index contributed by atoms with van der Waals surface area (Å²) in [6.45, 7) is 7.41. The Morgan fingerprint density at radius 2 is 1.91 bits per heavy atom. The summed E-state index contributed by atoms with van der Waals surface area (Å²) in [6.07, 6.45) is 1.31. The number of rotatable bonds is 6. The van der Waals surface area contributed by atoms with E-state index in [2.05, 4.69) is 23.9 Å². The third kappa shape index (κ3) is 6.99. The van der Waals surface area contributed by atoms with Gasteiger partial charge in [0.15, 0.2) is 0 Å². The zero-order valence-corrected chi connectivity index (χ0v) is 18.7. The molecule has 0 aliphatic rings. The van der Waals surface area contributed by atoms with Crippen LogP contribution in [0.5, 0.6) is 0 Å². The Morgan fingerprint density at radius 1 is 1.22 bits per heavy atom. The third-order valence-corrected chi connectivity index (χ3v) is 4.78. The van der Waals surface area contributed by atoms with Crippen molar-refractivity contribution >= 4 is 17.5 Å². The quantitative estimate of drug-likeness (QED) is 0.411. The van der Waals surface area contributed by atoms with Gasteiger partial charge in [0.05, 0.1) is 28.7 Å². The summed E-state index contributed by atoms with van der Waals surface area (Å²) in [5, 5.41) is 7.42. The van der Waals surface area contributed by atoms with Crippen molar-refractivity contribution in [2.45, 2.75) is 39.4 Å². The van der Waals surface area contributed by atoms with Crippen molar-refractivity contribution in [3.63, 3.8) is 0 Å². The highest BCUT2D eigenvalue weighted by molar-refractivity contribution is 6.30. The molecule has 2 aromatic carbocycles. The number of alkyl halides is 3. The fourth-order valence-electron chi connectivity index (χ4n) is 2.81. The van der Waals surface area contributed by atoms with Crippen LogP contribution in [0.15, 0.2) is 67.4 Å². The van der Waals surface area contributed by atoms with Crippen molar-refractivity contribution in [3.05, 3.63) is 94.8 Å². The molecule has 3 aromatic rings. The summed E-state index contributed by atoms with van der Waals surface area (Å²) in [5.41, 5.74) is 1.31. The van der Waals surface area contributed by atoms with Gasteiger partial charge < -0.3 is 5.32 Å². The summed E-state index contributed by atoms with van der Waals surface area (Å²) in [7, 11) is 0. The molecule has 0 aliphatic heterocycles. The summed E-state index contributed by atoms with van der Waals surface area (Å²) >= 11 is 5.87. The van der Waals surface area contributed by atoms with Gasteiger partial charge in [-0.2, -0.15) is 18.3 Å². The maximum absolute atomic E-state index is 12.8. The number of nitrogens with one attached hydrogen (secondary N) is 1. The van der Waals surface area contributed by atoms with E-state index in [0.29, 0.717) is 21.8 Å². The summed E-state index contributed by atoms with van der Waals surface area (Å²) in [4.78, 5) is 12.4. The van der Waals surface area contributed by atoms with E-state index in [-0.39, 0.29) is 6.54 Å². The Kier molecular flexibility index (Phi) is 9.08. The summed E-state index contributed by atoms with van der Waals surface area (Å²) in [5.74, 6) is -0.412. The van der Waals surface area contributed by atoms with Gasteiger partial charge in [-0.1, -0.05) is 43.2 Å². The Bertz CT molecular complexity index is 1040. The van der Waals surface area contributed by atoms with Crippen LogP contribution in [-0.4, -0.2) is 15.7 Å². The predicted octanol–water partition coefficient (Wildman–Crippen LogP) is 6.76. The van der Waals surface area contributed by atoms with Crippen LogP contribution in [0, 0.1) is 6.92 Å². The van der Waals surface area contributed by atoms with E-state index in [4.69, 9.17) is 11.6 Å². The third-order valence-electron chi connectivity index (χ3n) is 4.53. The number of nitrogens with zero attached hydrogens (tertiary/aromatic N) is 2. The number of halogens is 4. The Hall–Kier alpha value is -3.06. The van der Waals surface area contributed by atoms with Crippen LogP contribution >= 0.6 is 11.6 Å². The first kappa shape index (κ1) is 25.2. The molecule has 0 spiro atoms. The molecule has 0 saturated heterocycles. The topological polar surface area (TPSA) is 46.9 Å². The first-order valence-electron chi connectivity index (χ1n) is 10.0. The van der Waals surface area contributed by atoms with Crippen molar-refractivity contribution in [1.82, 2.24) is 15.1 Å². The highest BCUT2D eigenvalue weighted by atomic mass is 35.5. The average Bonchev–Trinajstić information content (AvgIpc) is 3.14. The van der Waals surface area contributed by atoms with Crippen molar-refractivity contribution in [2.75, 3.05) is 0 Å². The van der Waals surface area contributed by atoms with E-state index in [9.17, 15) is 18.0 Å². The number of carbonyl (C=O) groups excluding carboxylic acids is 1. The molecule has 170 valence electrons. The molecule has 0 aliphatic carbocycles. The minimum Gasteiger partial charge on any atom is -0.348 e. The fourth-order valence-corrected chi connectivity index (χ4v) is 2.94. The largest absolute Gasteiger partial charge is 0.416 e. The van der Waals surface area contributed by atoms with Crippen LogP contribution in [0.2, 0.25) is 5.02 Å². The number of unbranched alkanes of at least 4 members (excludes halogenated alkanes) is 1. The summed E-state index contributed by atoms with van der Waals surface area (Å²) < 4.78 is 39.9. The molecule has 0 atom stereocenters. The number of carbonyl (C=O) groups is 1. The molecule has 0 bridgehead atoms. The van der Waals surface area contributed by atoms with Crippen molar-refractivity contribution in [1.29, 1.82) is 0 Å². The maximum Gasteiger partial charge on any atom is 0.416 e. The predicted molar refractivity (Wildman–Crippen MR) is 121 cm³/mol. The lowest BCUT2D eigenvalue weighted by Gasteiger charge is -2.10. The number of amides is 1. The standard InChI is InChI=1S/C19H15ClF3N3O.C5H10/c1-12-17(11-25-26(12)16-7-5-15(20)6-8-16)18(27)24-10-13-3-2-4-14(9-13)19(21,22)23;1-3-5-4-2/h2-9,11H,10H2,1H3,(H,24,27);3H,1,4-5H2,2H3. The molecule has 1 heterocycles. The molecule has 32 heavy (non-hydrogen) atoms. The molecule has 4 nitrogen and oxygen atoms in total. The van der Waals surface area contributed by atoms with Gasteiger partial charge in [-0.15, -0.1) is 6.58 Å². The molecule has 1 amide bonds. The SMILES string of the molecule is C=CCCC.Cc1c(C(=O)NCc2cccc(C(F)(F)F)c2)cnn1-c1ccc(Cl)cc1. The normalized spacial score (nSPS) is 10.8.